The first-order valence-electron chi connectivity index (χ1n) is 5.34. The van der Waals surface area contributed by atoms with E-state index in [1.54, 1.807) is 21.1 Å². The average Bonchev–Trinajstić information content (AvgIpc) is 2.81. The molecule has 0 bridgehead atoms. The van der Waals surface area contributed by atoms with E-state index < -0.39 is 0 Å². The highest BCUT2D eigenvalue weighted by molar-refractivity contribution is 5.63. The molecule has 2 N–H and O–H groups in total. The van der Waals surface area contributed by atoms with Gasteiger partial charge in [0.05, 0.1) is 13.7 Å². The zero-order chi connectivity index (χ0) is 13.0. The van der Waals surface area contributed by atoms with Crippen molar-refractivity contribution in [2.75, 3.05) is 24.8 Å². The van der Waals surface area contributed by atoms with Gasteiger partial charge in [-0.2, -0.15) is 4.98 Å². The molecule has 0 saturated heterocycles. The van der Waals surface area contributed by atoms with Crippen LogP contribution in [0.2, 0.25) is 0 Å². The first-order valence-corrected chi connectivity index (χ1v) is 5.34. The van der Waals surface area contributed by atoms with Crippen molar-refractivity contribution in [3.63, 3.8) is 0 Å². The zero-order valence-electron chi connectivity index (χ0n) is 10.4. The minimum absolute atomic E-state index is 0.372. The highest BCUT2D eigenvalue weighted by Gasteiger charge is 2.11. The number of hydrogen-bond donors (Lipinski definition) is 2. The Balaban J connectivity index is 2.13. The molecular formula is C10H14N6O2. The number of nitrogens with one attached hydrogen (secondary N) is 2. The van der Waals surface area contributed by atoms with E-state index in [0.29, 0.717) is 35.6 Å². The van der Waals surface area contributed by atoms with Crippen LogP contribution >= 0.6 is 0 Å². The van der Waals surface area contributed by atoms with Crippen LogP contribution in [0, 0.1) is 6.92 Å². The van der Waals surface area contributed by atoms with Gasteiger partial charge in [-0.1, -0.05) is 5.16 Å². The Labute approximate surface area is 104 Å². The molecule has 0 amide bonds. The van der Waals surface area contributed by atoms with Gasteiger partial charge in [0.1, 0.15) is 6.33 Å². The van der Waals surface area contributed by atoms with Crippen molar-refractivity contribution in [2.45, 2.75) is 13.5 Å². The van der Waals surface area contributed by atoms with E-state index in [1.807, 2.05) is 0 Å². The van der Waals surface area contributed by atoms with E-state index in [4.69, 9.17) is 9.26 Å². The number of aryl methyl sites for hydroxylation is 1. The van der Waals surface area contributed by atoms with E-state index in [1.165, 1.54) is 6.33 Å². The van der Waals surface area contributed by atoms with Crippen LogP contribution < -0.4 is 15.4 Å². The largest absolute Gasteiger partial charge is 0.490 e. The lowest BCUT2D eigenvalue weighted by Gasteiger charge is -2.11. The van der Waals surface area contributed by atoms with Crippen molar-refractivity contribution >= 4 is 11.6 Å². The summed E-state index contributed by atoms with van der Waals surface area (Å²) >= 11 is 0. The summed E-state index contributed by atoms with van der Waals surface area (Å²) in [6.45, 7) is 2.13. The molecule has 0 fully saturated rings. The maximum atomic E-state index is 5.24. The highest BCUT2D eigenvalue weighted by Crippen LogP contribution is 2.28. The first-order chi connectivity index (χ1) is 8.74. The second kappa shape index (κ2) is 5.30. The molecule has 0 aliphatic heterocycles. The molecule has 0 aliphatic carbocycles. The summed E-state index contributed by atoms with van der Waals surface area (Å²) < 4.78 is 10.2. The lowest BCUT2D eigenvalue weighted by atomic mass is 10.4. The Kier molecular flexibility index (Phi) is 3.56. The second-order valence-electron chi connectivity index (χ2n) is 3.44. The molecule has 0 unspecified atom stereocenters. The van der Waals surface area contributed by atoms with Gasteiger partial charge in [-0.05, 0) is 6.92 Å². The molecule has 2 rings (SSSR count). The molecule has 8 heteroatoms. The fourth-order valence-corrected chi connectivity index (χ4v) is 1.44. The lowest BCUT2D eigenvalue weighted by Crippen LogP contribution is -2.06. The standard InChI is InChI=1S/C10H14N6O2/c1-6-15-7(18-16-6)4-12-10-8(17-3)9(11-2)13-5-14-10/h5H,4H2,1-3H3,(H2,11,12,13,14). The molecule has 8 nitrogen and oxygen atoms in total. The maximum absolute atomic E-state index is 5.24. The Morgan fingerprint density at radius 3 is 2.72 bits per heavy atom. The van der Waals surface area contributed by atoms with Gasteiger partial charge in [-0.15, -0.1) is 0 Å². The number of aromatic nitrogens is 4. The van der Waals surface area contributed by atoms with Crippen LogP contribution in [0.15, 0.2) is 10.9 Å². The third-order valence-corrected chi connectivity index (χ3v) is 2.22. The van der Waals surface area contributed by atoms with Gasteiger partial charge in [0.2, 0.25) is 11.6 Å². The highest BCUT2D eigenvalue weighted by atomic mass is 16.5. The van der Waals surface area contributed by atoms with Crippen molar-refractivity contribution in [3.05, 3.63) is 18.0 Å². The average molecular weight is 250 g/mol. The zero-order valence-corrected chi connectivity index (χ0v) is 10.4. The predicted octanol–water partition coefficient (Wildman–Crippen LogP) is 0.830. The van der Waals surface area contributed by atoms with Crippen LogP contribution in [0.25, 0.3) is 0 Å². The van der Waals surface area contributed by atoms with E-state index in [2.05, 4.69) is 30.7 Å². The van der Waals surface area contributed by atoms with E-state index in [-0.39, 0.29) is 0 Å². The third-order valence-electron chi connectivity index (χ3n) is 2.22. The third kappa shape index (κ3) is 2.47. The second-order valence-corrected chi connectivity index (χ2v) is 3.44. The quantitative estimate of drug-likeness (QED) is 0.805. The minimum atomic E-state index is 0.372. The van der Waals surface area contributed by atoms with Gasteiger partial charge < -0.3 is 19.9 Å². The van der Waals surface area contributed by atoms with Crippen molar-refractivity contribution in [3.8, 4) is 5.75 Å². The number of methoxy groups -OCH3 is 1. The summed E-state index contributed by atoms with van der Waals surface area (Å²) in [6.07, 6.45) is 1.44. The fraction of sp³-hybridized carbons (Fsp3) is 0.400. The SMILES string of the molecule is CNc1ncnc(NCc2nc(C)no2)c1OC. The smallest absolute Gasteiger partial charge is 0.245 e. The number of nitrogens with zero attached hydrogens (tertiary/aromatic N) is 4. The Morgan fingerprint density at radius 1 is 1.33 bits per heavy atom. The number of ether oxygens (including phenoxy) is 1. The van der Waals surface area contributed by atoms with E-state index in [9.17, 15) is 0 Å². The van der Waals surface area contributed by atoms with Crippen LogP contribution in [-0.4, -0.2) is 34.3 Å². The van der Waals surface area contributed by atoms with Gasteiger partial charge in [0.15, 0.2) is 17.5 Å². The molecule has 0 aromatic carbocycles. The molecule has 0 radical (unpaired) electrons. The van der Waals surface area contributed by atoms with Crippen molar-refractivity contribution < 1.29 is 9.26 Å². The Hall–Kier alpha value is -2.38. The Bertz CT molecular complexity index is 527. The normalized spacial score (nSPS) is 10.2. The molecular weight excluding hydrogens is 236 g/mol. The van der Waals surface area contributed by atoms with Crippen LogP contribution in [-0.2, 0) is 6.54 Å². The summed E-state index contributed by atoms with van der Waals surface area (Å²) in [7, 11) is 3.32. The summed E-state index contributed by atoms with van der Waals surface area (Å²) in [4.78, 5) is 12.2. The molecule has 0 atom stereocenters. The molecule has 2 heterocycles. The molecule has 96 valence electrons. The van der Waals surface area contributed by atoms with E-state index in [0.717, 1.165) is 0 Å². The molecule has 0 saturated carbocycles. The lowest BCUT2D eigenvalue weighted by molar-refractivity contribution is 0.378. The summed E-state index contributed by atoms with van der Waals surface area (Å²) in [5.41, 5.74) is 0. The number of rotatable bonds is 5. The van der Waals surface area contributed by atoms with Gasteiger partial charge in [0, 0.05) is 7.05 Å². The van der Waals surface area contributed by atoms with Gasteiger partial charge in [0.25, 0.3) is 0 Å². The van der Waals surface area contributed by atoms with Crippen molar-refractivity contribution in [1.29, 1.82) is 0 Å². The first kappa shape index (κ1) is 12.1. The van der Waals surface area contributed by atoms with Crippen molar-refractivity contribution in [2.24, 2.45) is 0 Å². The fourth-order valence-electron chi connectivity index (χ4n) is 1.44. The number of hydrogen-bond acceptors (Lipinski definition) is 8. The monoisotopic (exact) mass is 250 g/mol. The molecule has 18 heavy (non-hydrogen) atoms. The number of anilines is 2. The minimum Gasteiger partial charge on any atom is -0.490 e. The summed E-state index contributed by atoms with van der Waals surface area (Å²) in [5, 5.41) is 9.68. The topological polar surface area (TPSA) is 98.0 Å². The van der Waals surface area contributed by atoms with Gasteiger partial charge >= 0.3 is 0 Å². The summed E-state index contributed by atoms with van der Waals surface area (Å²) in [6, 6.07) is 0. The summed E-state index contributed by atoms with van der Waals surface area (Å²) in [5.74, 6) is 2.79. The maximum Gasteiger partial charge on any atom is 0.245 e. The molecule has 2 aromatic rings. The molecule has 0 spiro atoms. The van der Waals surface area contributed by atoms with Crippen LogP contribution in [0.5, 0.6) is 5.75 Å². The molecule has 2 aromatic heterocycles. The van der Waals surface area contributed by atoms with Crippen molar-refractivity contribution in [1.82, 2.24) is 20.1 Å². The van der Waals surface area contributed by atoms with Crippen LogP contribution in [0.4, 0.5) is 11.6 Å². The van der Waals surface area contributed by atoms with Crippen LogP contribution in [0.3, 0.4) is 0 Å². The van der Waals surface area contributed by atoms with E-state index >= 15 is 0 Å². The van der Waals surface area contributed by atoms with Crippen LogP contribution in [0.1, 0.15) is 11.7 Å². The van der Waals surface area contributed by atoms with Gasteiger partial charge in [-0.25, -0.2) is 9.97 Å². The Morgan fingerprint density at radius 2 is 2.11 bits per heavy atom. The molecule has 0 aliphatic rings. The van der Waals surface area contributed by atoms with Gasteiger partial charge in [-0.3, -0.25) is 0 Å². The predicted molar refractivity (Wildman–Crippen MR) is 64.5 cm³/mol.